The topological polar surface area (TPSA) is 79.0 Å². The van der Waals surface area contributed by atoms with E-state index in [1.54, 1.807) is 0 Å². The van der Waals surface area contributed by atoms with Crippen LogP contribution in [0.3, 0.4) is 0 Å². The number of aromatic nitrogens is 3. The average molecular weight is 334 g/mol. The van der Waals surface area contributed by atoms with Crippen LogP contribution in [0.2, 0.25) is 0 Å². The van der Waals surface area contributed by atoms with E-state index in [1.165, 1.54) is 5.56 Å². The molecule has 1 aliphatic heterocycles. The molecule has 124 valence electrons. The Hall–Kier alpha value is -1.73. The zero-order valence-corrected chi connectivity index (χ0v) is 14.1. The number of benzene rings is 1. The Balaban J connectivity index is 1.53. The molecule has 1 aromatic carbocycles. The van der Waals surface area contributed by atoms with Gasteiger partial charge in [0.15, 0.2) is 15.7 Å². The van der Waals surface area contributed by atoms with Crippen molar-refractivity contribution < 1.29 is 8.42 Å². The number of sulfone groups is 1. The maximum Gasteiger partial charge on any atom is 0.151 e. The van der Waals surface area contributed by atoms with E-state index in [1.807, 2.05) is 30.1 Å². The van der Waals surface area contributed by atoms with E-state index < -0.39 is 9.84 Å². The van der Waals surface area contributed by atoms with Crippen molar-refractivity contribution in [2.24, 2.45) is 0 Å². The molecule has 1 aliphatic rings. The smallest absolute Gasteiger partial charge is 0.151 e. The van der Waals surface area contributed by atoms with E-state index in [-0.39, 0.29) is 11.8 Å². The molecule has 0 radical (unpaired) electrons. The predicted octanol–water partition coefficient (Wildman–Crippen LogP) is 1.21. The number of hydrogen-bond acceptors (Lipinski definition) is 5. The molecule has 23 heavy (non-hydrogen) atoms. The Bertz CT molecular complexity index is 742. The Morgan fingerprint density at radius 3 is 2.74 bits per heavy atom. The molecule has 1 aromatic heterocycles. The minimum atomic E-state index is -2.85. The molecule has 0 unspecified atom stereocenters. The van der Waals surface area contributed by atoms with Gasteiger partial charge in [0.1, 0.15) is 5.82 Å². The number of aryl methyl sites for hydroxylation is 2. The van der Waals surface area contributed by atoms with Gasteiger partial charge in [-0.25, -0.2) is 13.4 Å². The SMILES string of the molecule is CN(Cc1nc(CCc2ccccc2)n[nH]1)[C@@H]1CCS(=O)(=O)C1. The first-order valence-corrected chi connectivity index (χ1v) is 9.69. The van der Waals surface area contributed by atoms with Crippen LogP contribution in [0.1, 0.15) is 23.6 Å². The van der Waals surface area contributed by atoms with Gasteiger partial charge < -0.3 is 0 Å². The van der Waals surface area contributed by atoms with E-state index in [9.17, 15) is 8.42 Å². The van der Waals surface area contributed by atoms with Gasteiger partial charge in [-0.1, -0.05) is 30.3 Å². The van der Waals surface area contributed by atoms with Crippen LogP contribution in [-0.2, 0) is 29.2 Å². The third-order valence-corrected chi connectivity index (χ3v) is 6.04. The summed E-state index contributed by atoms with van der Waals surface area (Å²) < 4.78 is 23.1. The summed E-state index contributed by atoms with van der Waals surface area (Å²) in [5, 5.41) is 7.22. The summed E-state index contributed by atoms with van der Waals surface area (Å²) in [7, 11) is -0.913. The van der Waals surface area contributed by atoms with Crippen LogP contribution < -0.4 is 0 Å². The molecule has 3 rings (SSSR count). The third kappa shape index (κ3) is 4.39. The lowest BCUT2D eigenvalue weighted by molar-refractivity contribution is 0.248. The molecule has 0 bridgehead atoms. The quantitative estimate of drug-likeness (QED) is 0.859. The molecule has 7 heteroatoms. The van der Waals surface area contributed by atoms with Gasteiger partial charge in [0.25, 0.3) is 0 Å². The Morgan fingerprint density at radius 2 is 2.04 bits per heavy atom. The fourth-order valence-electron chi connectivity index (χ4n) is 2.91. The lowest BCUT2D eigenvalue weighted by atomic mass is 10.1. The van der Waals surface area contributed by atoms with E-state index >= 15 is 0 Å². The average Bonchev–Trinajstić information content (AvgIpc) is 3.12. The standard InChI is InChI=1S/C16H22N4O2S/c1-20(14-9-10-23(21,22)12-14)11-16-17-15(18-19-16)8-7-13-5-3-2-4-6-13/h2-6,14H,7-12H2,1H3,(H,17,18,19)/t14-/m1/s1. The molecule has 0 amide bonds. The fraction of sp³-hybridized carbons (Fsp3) is 0.500. The van der Waals surface area contributed by atoms with Crippen LogP contribution in [0.4, 0.5) is 0 Å². The molecule has 0 saturated carbocycles. The molecular formula is C16H22N4O2S. The van der Waals surface area contributed by atoms with Crippen LogP contribution in [0.25, 0.3) is 0 Å². The second-order valence-corrected chi connectivity index (χ2v) is 8.38. The fourth-order valence-corrected chi connectivity index (χ4v) is 4.71. The molecular weight excluding hydrogens is 312 g/mol. The number of nitrogens with one attached hydrogen (secondary N) is 1. The normalized spacial score (nSPS) is 20.2. The van der Waals surface area contributed by atoms with E-state index in [2.05, 4.69) is 27.3 Å². The summed E-state index contributed by atoms with van der Waals surface area (Å²) in [6.07, 6.45) is 2.41. The van der Waals surface area contributed by atoms with Crippen molar-refractivity contribution in [3.63, 3.8) is 0 Å². The van der Waals surface area contributed by atoms with Crippen molar-refractivity contribution in [3.8, 4) is 0 Å². The zero-order chi connectivity index (χ0) is 16.3. The highest BCUT2D eigenvalue weighted by Gasteiger charge is 2.30. The second kappa shape index (κ2) is 6.80. The summed E-state index contributed by atoms with van der Waals surface area (Å²) in [5.41, 5.74) is 1.27. The van der Waals surface area contributed by atoms with Crippen LogP contribution in [0.5, 0.6) is 0 Å². The number of H-pyrrole nitrogens is 1. The van der Waals surface area contributed by atoms with Gasteiger partial charge in [0.2, 0.25) is 0 Å². The predicted molar refractivity (Wildman–Crippen MR) is 88.8 cm³/mol. The van der Waals surface area contributed by atoms with E-state index in [0.29, 0.717) is 18.7 Å². The molecule has 6 nitrogen and oxygen atoms in total. The number of rotatable bonds is 6. The minimum Gasteiger partial charge on any atom is -0.295 e. The largest absolute Gasteiger partial charge is 0.295 e. The van der Waals surface area contributed by atoms with Crippen LogP contribution >= 0.6 is 0 Å². The first-order valence-electron chi connectivity index (χ1n) is 7.86. The molecule has 0 spiro atoms. The van der Waals surface area contributed by atoms with Gasteiger partial charge in [0, 0.05) is 12.5 Å². The van der Waals surface area contributed by atoms with E-state index in [4.69, 9.17) is 0 Å². The van der Waals surface area contributed by atoms with Gasteiger partial charge >= 0.3 is 0 Å². The lowest BCUT2D eigenvalue weighted by Gasteiger charge is -2.21. The zero-order valence-electron chi connectivity index (χ0n) is 13.3. The van der Waals surface area contributed by atoms with Crippen LogP contribution in [0.15, 0.2) is 30.3 Å². The van der Waals surface area contributed by atoms with Gasteiger partial charge in [-0.05, 0) is 25.5 Å². The number of hydrogen-bond donors (Lipinski definition) is 1. The second-order valence-electron chi connectivity index (χ2n) is 6.16. The van der Waals surface area contributed by atoms with Crippen molar-refractivity contribution >= 4 is 9.84 Å². The van der Waals surface area contributed by atoms with Crippen molar-refractivity contribution in [1.29, 1.82) is 0 Å². The third-order valence-electron chi connectivity index (χ3n) is 4.29. The molecule has 2 aromatic rings. The molecule has 1 atom stereocenters. The Labute approximate surface area is 136 Å². The van der Waals surface area contributed by atoms with Crippen LogP contribution in [-0.4, -0.2) is 53.1 Å². The molecule has 1 fully saturated rings. The van der Waals surface area contributed by atoms with Crippen molar-refractivity contribution in [1.82, 2.24) is 20.1 Å². The van der Waals surface area contributed by atoms with E-state index in [0.717, 1.165) is 24.5 Å². The lowest BCUT2D eigenvalue weighted by Crippen LogP contribution is -2.32. The Morgan fingerprint density at radius 1 is 1.26 bits per heavy atom. The van der Waals surface area contributed by atoms with Crippen LogP contribution in [0, 0.1) is 0 Å². The minimum absolute atomic E-state index is 0.0814. The maximum absolute atomic E-state index is 11.6. The first-order chi connectivity index (χ1) is 11.0. The number of nitrogens with zero attached hydrogens (tertiary/aromatic N) is 3. The van der Waals surface area contributed by atoms with Gasteiger partial charge in [-0.15, -0.1) is 0 Å². The number of aromatic amines is 1. The molecule has 2 heterocycles. The van der Waals surface area contributed by atoms with Crippen molar-refractivity contribution in [3.05, 3.63) is 47.5 Å². The molecule has 1 saturated heterocycles. The first kappa shape index (κ1) is 16.1. The molecule has 1 N–H and O–H groups in total. The summed E-state index contributed by atoms with van der Waals surface area (Å²) in [4.78, 5) is 6.56. The summed E-state index contributed by atoms with van der Waals surface area (Å²) in [6.45, 7) is 0.596. The Kier molecular flexibility index (Phi) is 4.77. The highest BCUT2D eigenvalue weighted by atomic mass is 32.2. The van der Waals surface area contributed by atoms with Gasteiger partial charge in [0.05, 0.1) is 18.1 Å². The highest BCUT2D eigenvalue weighted by molar-refractivity contribution is 7.91. The molecule has 0 aliphatic carbocycles. The maximum atomic E-state index is 11.6. The van der Waals surface area contributed by atoms with Gasteiger partial charge in [-0.2, -0.15) is 5.10 Å². The summed E-state index contributed by atoms with van der Waals surface area (Å²) >= 11 is 0. The van der Waals surface area contributed by atoms with Crippen molar-refractivity contribution in [2.75, 3.05) is 18.6 Å². The van der Waals surface area contributed by atoms with Gasteiger partial charge in [-0.3, -0.25) is 10.00 Å². The summed E-state index contributed by atoms with van der Waals surface area (Å²) in [6, 6.07) is 10.3. The highest BCUT2D eigenvalue weighted by Crippen LogP contribution is 2.17. The van der Waals surface area contributed by atoms with Crippen molar-refractivity contribution in [2.45, 2.75) is 31.8 Å². The monoisotopic (exact) mass is 334 g/mol. The summed E-state index contributed by atoms with van der Waals surface area (Å²) in [5.74, 6) is 2.13.